The van der Waals surface area contributed by atoms with E-state index >= 15 is 0 Å². The summed E-state index contributed by atoms with van der Waals surface area (Å²) in [4.78, 5) is 0. The van der Waals surface area contributed by atoms with E-state index in [1.807, 2.05) is 0 Å². The maximum atomic E-state index is 5.14. The van der Waals surface area contributed by atoms with Crippen LogP contribution in [0, 0.1) is 5.41 Å². The van der Waals surface area contributed by atoms with Gasteiger partial charge in [0, 0.05) is 20.3 Å². The van der Waals surface area contributed by atoms with Gasteiger partial charge in [0.25, 0.3) is 0 Å². The number of nitrogens with one attached hydrogen (secondary N) is 1. The molecule has 0 saturated carbocycles. The molecule has 0 aliphatic heterocycles. The third-order valence-corrected chi connectivity index (χ3v) is 3.54. The molecule has 0 aliphatic rings. The highest BCUT2D eigenvalue weighted by molar-refractivity contribution is 4.71. The van der Waals surface area contributed by atoms with Crippen molar-refractivity contribution in [2.24, 2.45) is 5.41 Å². The van der Waals surface area contributed by atoms with Crippen LogP contribution >= 0.6 is 0 Å². The van der Waals surface area contributed by atoms with Gasteiger partial charge in [0.05, 0.1) is 0 Å². The fourth-order valence-electron chi connectivity index (χ4n) is 2.10. The molecule has 0 fully saturated rings. The van der Waals surface area contributed by atoms with Gasteiger partial charge in [0.2, 0.25) is 0 Å². The molecule has 0 aromatic carbocycles. The van der Waals surface area contributed by atoms with Gasteiger partial charge in [0.15, 0.2) is 0 Å². The van der Waals surface area contributed by atoms with Crippen molar-refractivity contribution in [3.8, 4) is 0 Å². The lowest BCUT2D eigenvalue weighted by atomic mass is 9.90. The van der Waals surface area contributed by atoms with E-state index in [-0.39, 0.29) is 0 Å². The molecular weight excluding hydrogens is 222 g/mol. The van der Waals surface area contributed by atoms with Crippen LogP contribution in [0.15, 0.2) is 0 Å². The first-order valence-electron chi connectivity index (χ1n) is 7.82. The minimum atomic E-state index is 0.358. The van der Waals surface area contributed by atoms with E-state index < -0.39 is 0 Å². The van der Waals surface area contributed by atoms with Crippen molar-refractivity contribution in [2.45, 2.75) is 72.1 Å². The normalized spacial score (nSPS) is 12.0. The summed E-state index contributed by atoms with van der Waals surface area (Å²) in [6.07, 6.45) is 10.9. The molecule has 0 spiro atoms. The summed E-state index contributed by atoms with van der Waals surface area (Å²) in [7, 11) is 1.78. The lowest BCUT2D eigenvalue weighted by Gasteiger charge is -2.24. The van der Waals surface area contributed by atoms with Gasteiger partial charge < -0.3 is 10.1 Å². The zero-order chi connectivity index (χ0) is 13.7. The number of rotatable bonds is 13. The molecule has 0 bridgehead atoms. The van der Waals surface area contributed by atoms with Gasteiger partial charge in [-0.25, -0.2) is 0 Å². The van der Waals surface area contributed by atoms with Gasteiger partial charge >= 0.3 is 0 Å². The monoisotopic (exact) mass is 257 g/mol. The van der Waals surface area contributed by atoms with Gasteiger partial charge in [-0.1, -0.05) is 59.3 Å². The van der Waals surface area contributed by atoms with Crippen molar-refractivity contribution in [3.63, 3.8) is 0 Å². The molecule has 0 atom stereocenters. The lowest BCUT2D eigenvalue weighted by molar-refractivity contribution is 0.151. The first kappa shape index (κ1) is 17.9. The van der Waals surface area contributed by atoms with E-state index in [0.29, 0.717) is 5.41 Å². The topological polar surface area (TPSA) is 21.3 Å². The smallest absolute Gasteiger partial charge is 0.0467 e. The third-order valence-electron chi connectivity index (χ3n) is 3.54. The summed E-state index contributed by atoms with van der Waals surface area (Å²) < 4.78 is 5.14. The first-order chi connectivity index (χ1) is 8.62. The van der Waals surface area contributed by atoms with Crippen LogP contribution in [0.25, 0.3) is 0 Å². The highest BCUT2D eigenvalue weighted by Crippen LogP contribution is 2.18. The van der Waals surface area contributed by atoms with Crippen LogP contribution in [0.3, 0.4) is 0 Å². The minimum absolute atomic E-state index is 0.358. The van der Waals surface area contributed by atoms with Gasteiger partial charge in [-0.3, -0.25) is 0 Å². The Morgan fingerprint density at radius 1 is 0.944 bits per heavy atom. The van der Waals surface area contributed by atoms with Crippen LogP contribution in [0.5, 0.6) is 0 Å². The van der Waals surface area contributed by atoms with Crippen LogP contribution < -0.4 is 5.32 Å². The predicted molar refractivity (Wildman–Crippen MR) is 81.1 cm³/mol. The molecule has 0 saturated heterocycles. The first-order valence-corrected chi connectivity index (χ1v) is 7.82. The van der Waals surface area contributed by atoms with E-state index in [1.54, 1.807) is 7.11 Å². The van der Waals surface area contributed by atoms with Crippen LogP contribution in [-0.4, -0.2) is 26.8 Å². The lowest BCUT2D eigenvalue weighted by Crippen LogP contribution is -2.31. The van der Waals surface area contributed by atoms with Crippen LogP contribution in [0.4, 0.5) is 0 Å². The largest absolute Gasteiger partial charge is 0.385 e. The van der Waals surface area contributed by atoms with Crippen molar-refractivity contribution in [2.75, 3.05) is 26.8 Å². The average molecular weight is 257 g/mol. The van der Waals surface area contributed by atoms with Gasteiger partial charge in [-0.2, -0.15) is 0 Å². The summed E-state index contributed by atoms with van der Waals surface area (Å²) in [5.74, 6) is 0. The van der Waals surface area contributed by atoms with Crippen LogP contribution in [0.1, 0.15) is 72.1 Å². The number of hydrogen-bond acceptors (Lipinski definition) is 2. The zero-order valence-electron chi connectivity index (χ0n) is 13.2. The fourth-order valence-corrected chi connectivity index (χ4v) is 2.10. The molecule has 0 radical (unpaired) electrons. The molecule has 0 amide bonds. The van der Waals surface area contributed by atoms with Gasteiger partial charge in [-0.15, -0.1) is 0 Å². The number of methoxy groups -OCH3 is 1. The SMILES string of the molecule is CCCCCCCCCNCC(C)(C)CCOC. The number of ether oxygens (including phenoxy) is 1. The molecular formula is C16H35NO. The summed E-state index contributed by atoms with van der Waals surface area (Å²) in [6.45, 7) is 10.0. The molecule has 2 nitrogen and oxygen atoms in total. The Morgan fingerprint density at radius 2 is 1.56 bits per heavy atom. The highest BCUT2D eigenvalue weighted by Gasteiger charge is 2.16. The second-order valence-electron chi connectivity index (χ2n) is 6.21. The molecule has 0 aliphatic carbocycles. The number of hydrogen-bond donors (Lipinski definition) is 1. The van der Waals surface area contributed by atoms with Crippen molar-refractivity contribution in [1.82, 2.24) is 5.32 Å². The Bertz CT molecular complexity index is 168. The molecule has 0 rings (SSSR count). The van der Waals surface area contributed by atoms with E-state index in [4.69, 9.17) is 4.74 Å². The Kier molecular flexibility index (Phi) is 11.9. The molecule has 0 heterocycles. The fraction of sp³-hybridized carbons (Fsp3) is 1.00. The summed E-state index contributed by atoms with van der Waals surface area (Å²) in [5.41, 5.74) is 0.358. The van der Waals surface area contributed by atoms with Crippen molar-refractivity contribution >= 4 is 0 Å². The molecule has 1 N–H and O–H groups in total. The highest BCUT2D eigenvalue weighted by atomic mass is 16.5. The molecule has 110 valence electrons. The number of unbranched alkanes of at least 4 members (excludes halogenated alkanes) is 6. The molecule has 18 heavy (non-hydrogen) atoms. The van der Waals surface area contributed by atoms with Gasteiger partial charge in [-0.05, 0) is 24.8 Å². The Labute approximate surface area is 115 Å². The second kappa shape index (κ2) is 12.0. The maximum absolute atomic E-state index is 5.14. The van der Waals surface area contributed by atoms with E-state index in [1.165, 1.54) is 51.5 Å². The molecule has 0 unspecified atom stereocenters. The van der Waals surface area contributed by atoms with Crippen molar-refractivity contribution in [3.05, 3.63) is 0 Å². The zero-order valence-corrected chi connectivity index (χ0v) is 13.2. The predicted octanol–water partition coefficient (Wildman–Crippen LogP) is 4.39. The van der Waals surface area contributed by atoms with E-state index in [2.05, 4.69) is 26.1 Å². The Balaban J connectivity index is 3.23. The quantitative estimate of drug-likeness (QED) is 0.494. The molecule has 0 aromatic heterocycles. The second-order valence-corrected chi connectivity index (χ2v) is 6.21. The minimum Gasteiger partial charge on any atom is -0.385 e. The third kappa shape index (κ3) is 12.4. The van der Waals surface area contributed by atoms with Crippen LogP contribution in [0.2, 0.25) is 0 Å². The molecule has 0 aromatic rings. The maximum Gasteiger partial charge on any atom is 0.0467 e. The van der Waals surface area contributed by atoms with Gasteiger partial charge in [0.1, 0.15) is 0 Å². The van der Waals surface area contributed by atoms with Crippen molar-refractivity contribution in [1.29, 1.82) is 0 Å². The summed E-state index contributed by atoms with van der Waals surface area (Å²) >= 11 is 0. The Morgan fingerprint density at radius 3 is 2.17 bits per heavy atom. The summed E-state index contributed by atoms with van der Waals surface area (Å²) in [5, 5.41) is 3.58. The molecule has 2 heteroatoms. The summed E-state index contributed by atoms with van der Waals surface area (Å²) in [6, 6.07) is 0. The van der Waals surface area contributed by atoms with Crippen LogP contribution in [-0.2, 0) is 4.74 Å². The van der Waals surface area contributed by atoms with E-state index in [0.717, 1.165) is 19.6 Å². The average Bonchev–Trinajstić information content (AvgIpc) is 2.34. The Hall–Kier alpha value is -0.0800. The standard InChI is InChI=1S/C16H35NO/c1-5-6-7-8-9-10-11-13-17-15-16(2,3)12-14-18-4/h17H,5-15H2,1-4H3. The van der Waals surface area contributed by atoms with Crippen molar-refractivity contribution < 1.29 is 4.74 Å². The van der Waals surface area contributed by atoms with E-state index in [9.17, 15) is 0 Å².